The van der Waals surface area contributed by atoms with E-state index < -0.39 is 0 Å². The molecule has 0 spiro atoms. The first-order chi connectivity index (χ1) is 10.2. The largest absolute Gasteiger partial charge is 0.493 e. The van der Waals surface area contributed by atoms with E-state index in [0.29, 0.717) is 6.04 Å². The van der Waals surface area contributed by atoms with E-state index in [0.717, 1.165) is 29.3 Å². The van der Waals surface area contributed by atoms with E-state index in [1.54, 1.807) is 14.2 Å². The lowest BCUT2D eigenvalue weighted by Gasteiger charge is -2.27. The third-order valence-electron chi connectivity index (χ3n) is 5.58. The molecule has 1 N–H and O–H groups in total. The van der Waals surface area contributed by atoms with Crippen molar-refractivity contribution in [2.45, 2.75) is 38.1 Å². The SMILES string of the molecule is CNC(CC1CC2CCC1C2)c1ccc(OC)c(OC)c1. The summed E-state index contributed by atoms with van der Waals surface area (Å²) in [5.41, 5.74) is 1.30. The summed E-state index contributed by atoms with van der Waals surface area (Å²) < 4.78 is 10.8. The van der Waals surface area contributed by atoms with Crippen LogP contribution in [0.3, 0.4) is 0 Å². The molecule has 0 amide bonds. The van der Waals surface area contributed by atoms with Crippen LogP contribution in [0.25, 0.3) is 0 Å². The van der Waals surface area contributed by atoms with Crippen LogP contribution in [-0.4, -0.2) is 21.3 Å². The summed E-state index contributed by atoms with van der Waals surface area (Å²) in [4.78, 5) is 0. The van der Waals surface area contributed by atoms with Gasteiger partial charge < -0.3 is 14.8 Å². The number of hydrogen-bond acceptors (Lipinski definition) is 3. The van der Waals surface area contributed by atoms with E-state index >= 15 is 0 Å². The van der Waals surface area contributed by atoms with Gasteiger partial charge in [0.05, 0.1) is 14.2 Å². The average molecular weight is 289 g/mol. The Kier molecular flexibility index (Phi) is 4.39. The normalized spacial score (nSPS) is 28.6. The summed E-state index contributed by atoms with van der Waals surface area (Å²) in [7, 11) is 5.45. The predicted octanol–water partition coefficient (Wildman–Crippen LogP) is 3.79. The van der Waals surface area contributed by atoms with Crippen LogP contribution in [0, 0.1) is 17.8 Å². The lowest BCUT2D eigenvalue weighted by molar-refractivity contribution is 0.283. The van der Waals surface area contributed by atoms with Gasteiger partial charge in [-0.25, -0.2) is 0 Å². The average Bonchev–Trinajstić information content (AvgIpc) is 3.14. The molecule has 3 heteroatoms. The van der Waals surface area contributed by atoms with Gasteiger partial charge in [-0.2, -0.15) is 0 Å². The first-order valence-electron chi connectivity index (χ1n) is 8.14. The summed E-state index contributed by atoms with van der Waals surface area (Å²) in [6.07, 6.45) is 7.09. The molecule has 3 nitrogen and oxygen atoms in total. The highest BCUT2D eigenvalue weighted by atomic mass is 16.5. The van der Waals surface area contributed by atoms with Gasteiger partial charge in [0.1, 0.15) is 0 Å². The summed E-state index contributed by atoms with van der Waals surface area (Å²) in [5.74, 6) is 4.52. The smallest absolute Gasteiger partial charge is 0.161 e. The fraction of sp³-hybridized carbons (Fsp3) is 0.667. The van der Waals surface area contributed by atoms with Crippen LogP contribution in [0.4, 0.5) is 0 Å². The zero-order chi connectivity index (χ0) is 14.8. The van der Waals surface area contributed by atoms with Crippen molar-refractivity contribution >= 4 is 0 Å². The molecule has 0 radical (unpaired) electrons. The standard InChI is InChI=1S/C18H27NO2/c1-19-16(10-15-9-12-4-5-13(15)8-12)14-6-7-17(20-2)18(11-14)21-3/h6-7,11-13,15-16,19H,4-5,8-10H2,1-3H3. The molecule has 2 bridgehead atoms. The molecule has 0 aromatic heterocycles. The second-order valence-electron chi connectivity index (χ2n) is 6.63. The van der Waals surface area contributed by atoms with Crippen LogP contribution in [0.2, 0.25) is 0 Å². The zero-order valence-electron chi connectivity index (χ0n) is 13.4. The molecule has 2 fully saturated rings. The Hall–Kier alpha value is -1.22. The number of nitrogens with one attached hydrogen (secondary N) is 1. The summed E-state index contributed by atoms with van der Waals surface area (Å²) in [6.45, 7) is 0. The number of fused-ring (bicyclic) bond motifs is 2. The van der Waals surface area contributed by atoms with Crippen molar-refractivity contribution in [3.63, 3.8) is 0 Å². The fourth-order valence-electron chi connectivity index (χ4n) is 4.46. The third kappa shape index (κ3) is 2.89. The maximum Gasteiger partial charge on any atom is 0.161 e. The Morgan fingerprint density at radius 3 is 2.52 bits per heavy atom. The molecular weight excluding hydrogens is 262 g/mol. The minimum Gasteiger partial charge on any atom is -0.493 e. The Morgan fingerprint density at radius 2 is 1.95 bits per heavy atom. The van der Waals surface area contributed by atoms with Crippen molar-refractivity contribution in [2.24, 2.45) is 17.8 Å². The molecule has 1 aromatic carbocycles. The maximum absolute atomic E-state index is 5.44. The molecule has 4 unspecified atom stereocenters. The van der Waals surface area contributed by atoms with Gasteiger partial charge in [0.15, 0.2) is 11.5 Å². The van der Waals surface area contributed by atoms with Gasteiger partial charge in [-0.3, -0.25) is 0 Å². The molecule has 2 aliphatic carbocycles. The van der Waals surface area contributed by atoms with E-state index in [9.17, 15) is 0 Å². The van der Waals surface area contributed by atoms with Gasteiger partial charge in [-0.1, -0.05) is 12.5 Å². The van der Waals surface area contributed by atoms with Crippen molar-refractivity contribution in [1.29, 1.82) is 0 Å². The quantitative estimate of drug-likeness (QED) is 0.864. The fourth-order valence-corrected chi connectivity index (χ4v) is 4.46. The monoisotopic (exact) mass is 289 g/mol. The van der Waals surface area contributed by atoms with Gasteiger partial charge in [0, 0.05) is 6.04 Å². The van der Waals surface area contributed by atoms with Crippen LogP contribution in [0.1, 0.15) is 43.7 Å². The first kappa shape index (κ1) is 14.7. The third-order valence-corrected chi connectivity index (χ3v) is 5.58. The number of hydrogen-bond donors (Lipinski definition) is 1. The second-order valence-corrected chi connectivity index (χ2v) is 6.63. The molecule has 21 heavy (non-hydrogen) atoms. The molecule has 2 saturated carbocycles. The lowest BCUT2D eigenvalue weighted by atomic mass is 9.83. The number of benzene rings is 1. The molecule has 2 aliphatic rings. The van der Waals surface area contributed by atoms with Crippen LogP contribution >= 0.6 is 0 Å². The molecule has 3 rings (SSSR count). The van der Waals surface area contributed by atoms with Crippen LogP contribution < -0.4 is 14.8 Å². The maximum atomic E-state index is 5.44. The van der Waals surface area contributed by atoms with Gasteiger partial charge >= 0.3 is 0 Å². The summed E-state index contributed by atoms with van der Waals surface area (Å²) in [6, 6.07) is 6.71. The van der Waals surface area contributed by atoms with E-state index in [1.807, 2.05) is 6.07 Å². The van der Waals surface area contributed by atoms with Gasteiger partial charge in [-0.05, 0) is 68.2 Å². The minimum atomic E-state index is 0.411. The van der Waals surface area contributed by atoms with E-state index in [-0.39, 0.29) is 0 Å². The Balaban J connectivity index is 1.73. The van der Waals surface area contributed by atoms with E-state index in [1.165, 1.54) is 37.7 Å². The Bertz CT molecular complexity index is 488. The van der Waals surface area contributed by atoms with E-state index in [4.69, 9.17) is 9.47 Å². The highest BCUT2D eigenvalue weighted by molar-refractivity contribution is 5.43. The molecular formula is C18H27NO2. The highest BCUT2D eigenvalue weighted by Crippen LogP contribution is 2.51. The molecule has 116 valence electrons. The Labute approximate surface area is 128 Å². The van der Waals surface area contributed by atoms with Crippen molar-refractivity contribution in [1.82, 2.24) is 5.32 Å². The number of rotatable bonds is 6. The van der Waals surface area contributed by atoms with Crippen LogP contribution in [-0.2, 0) is 0 Å². The van der Waals surface area contributed by atoms with Crippen molar-refractivity contribution in [2.75, 3.05) is 21.3 Å². The lowest BCUT2D eigenvalue weighted by Crippen LogP contribution is -2.22. The van der Waals surface area contributed by atoms with Crippen molar-refractivity contribution in [3.8, 4) is 11.5 Å². The van der Waals surface area contributed by atoms with Gasteiger partial charge in [0.25, 0.3) is 0 Å². The topological polar surface area (TPSA) is 30.5 Å². The molecule has 0 saturated heterocycles. The van der Waals surface area contributed by atoms with Crippen LogP contribution in [0.5, 0.6) is 11.5 Å². The molecule has 0 aliphatic heterocycles. The summed E-state index contributed by atoms with van der Waals surface area (Å²) in [5, 5.41) is 3.50. The van der Waals surface area contributed by atoms with E-state index in [2.05, 4.69) is 24.5 Å². The second kappa shape index (κ2) is 6.27. The highest BCUT2D eigenvalue weighted by Gasteiger charge is 2.40. The first-order valence-corrected chi connectivity index (χ1v) is 8.14. The molecule has 0 heterocycles. The number of methoxy groups -OCH3 is 2. The Morgan fingerprint density at radius 1 is 1.14 bits per heavy atom. The van der Waals surface area contributed by atoms with Crippen molar-refractivity contribution in [3.05, 3.63) is 23.8 Å². The summed E-state index contributed by atoms with van der Waals surface area (Å²) >= 11 is 0. The van der Waals surface area contributed by atoms with Gasteiger partial charge in [0.2, 0.25) is 0 Å². The predicted molar refractivity (Wildman–Crippen MR) is 84.9 cm³/mol. The zero-order valence-corrected chi connectivity index (χ0v) is 13.4. The minimum absolute atomic E-state index is 0.411. The molecule has 1 aromatic rings. The molecule has 4 atom stereocenters. The number of ether oxygens (including phenoxy) is 2. The van der Waals surface area contributed by atoms with Crippen LogP contribution in [0.15, 0.2) is 18.2 Å². The van der Waals surface area contributed by atoms with Crippen molar-refractivity contribution < 1.29 is 9.47 Å². The van der Waals surface area contributed by atoms with Gasteiger partial charge in [-0.15, -0.1) is 0 Å².